The van der Waals surface area contributed by atoms with Crippen molar-refractivity contribution in [3.8, 4) is 0 Å². The molecule has 6 nitrogen and oxygen atoms in total. The average molecular weight is 293 g/mol. The van der Waals surface area contributed by atoms with Gasteiger partial charge in [0.25, 0.3) is 0 Å². The lowest BCUT2D eigenvalue weighted by molar-refractivity contribution is -0.123. The third kappa shape index (κ3) is 3.10. The number of likely N-dealkylation sites (N-methyl/N-ethyl adjacent to an activating group) is 1. The van der Waals surface area contributed by atoms with Crippen LogP contribution in [0.4, 0.5) is 0 Å². The molecule has 2 rings (SSSR count). The minimum atomic E-state index is -0.678. The second kappa shape index (κ2) is 6.23. The molecule has 2 heterocycles. The molecule has 0 aliphatic heterocycles. The van der Waals surface area contributed by atoms with Crippen LogP contribution < -0.4 is 11.1 Å². The summed E-state index contributed by atoms with van der Waals surface area (Å²) < 4.78 is 1.93. The van der Waals surface area contributed by atoms with Gasteiger partial charge in [0.05, 0.1) is 5.54 Å². The van der Waals surface area contributed by atoms with Crippen molar-refractivity contribution in [2.45, 2.75) is 31.0 Å². The van der Waals surface area contributed by atoms with E-state index < -0.39 is 5.54 Å². The Balaban J connectivity index is 2.00. The van der Waals surface area contributed by atoms with Crippen LogP contribution in [0.25, 0.3) is 5.65 Å². The number of primary amides is 1. The number of fused-ring (bicyclic) bond motifs is 1. The zero-order valence-corrected chi connectivity index (χ0v) is 12.5. The molecule has 0 aliphatic carbocycles. The highest BCUT2D eigenvalue weighted by Crippen LogP contribution is 2.21. The molecule has 0 saturated carbocycles. The Morgan fingerprint density at radius 2 is 2.30 bits per heavy atom. The lowest BCUT2D eigenvalue weighted by atomic mass is 9.98. The molecule has 2 aromatic heterocycles. The predicted octanol–water partition coefficient (Wildman–Crippen LogP) is 1.06. The number of pyridine rings is 1. The summed E-state index contributed by atoms with van der Waals surface area (Å²) in [6.45, 7) is 4.50. The minimum Gasteiger partial charge on any atom is -0.368 e. The number of carbonyl (C=O) groups is 1. The number of amides is 1. The molecule has 0 aromatic carbocycles. The second-order valence-corrected chi connectivity index (χ2v) is 5.80. The topological polar surface area (TPSA) is 85.3 Å². The van der Waals surface area contributed by atoms with Crippen LogP contribution in [0.2, 0.25) is 0 Å². The van der Waals surface area contributed by atoms with Gasteiger partial charge in [-0.2, -0.15) is 0 Å². The second-order valence-electron chi connectivity index (χ2n) is 4.74. The van der Waals surface area contributed by atoms with Crippen LogP contribution in [0.5, 0.6) is 0 Å². The first kappa shape index (κ1) is 14.8. The van der Waals surface area contributed by atoms with Crippen molar-refractivity contribution in [1.82, 2.24) is 19.9 Å². The van der Waals surface area contributed by atoms with Gasteiger partial charge in [-0.1, -0.05) is 24.8 Å². The SMILES string of the molecule is CCNC(C)(CCSc1nnc2ccccn12)C(N)=O. The van der Waals surface area contributed by atoms with Crippen LogP contribution in [0.15, 0.2) is 29.6 Å². The van der Waals surface area contributed by atoms with Crippen molar-refractivity contribution in [2.75, 3.05) is 12.3 Å². The van der Waals surface area contributed by atoms with Crippen LogP contribution in [0.3, 0.4) is 0 Å². The van der Waals surface area contributed by atoms with E-state index in [1.807, 2.05) is 42.6 Å². The Kier molecular flexibility index (Phi) is 4.61. The fourth-order valence-electron chi connectivity index (χ4n) is 1.95. The Hall–Kier alpha value is -1.60. The van der Waals surface area contributed by atoms with E-state index in [4.69, 9.17) is 5.73 Å². The monoisotopic (exact) mass is 293 g/mol. The maximum atomic E-state index is 11.5. The van der Waals surface area contributed by atoms with Gasteiger partial charge in [0.2, 0.25) is 5.91 Å². The van der Waals surface area contributed by atoms with Gasteiger partial charge in [-0.15, -0.1) is 10.2 Å². The van der Waals surface area contributed by atoms with Gasteiger partial charge in [-0.3, -0.25) is 9.20 Å². The van der Waals surface area contributed by atoms with Gasteiger partial charge < -0.3 is 11.1 Å². The number of rotatable bonds is 7. The minimum absolute atomic E-state index is 0.328. The molecule has 0 radical (unpaired) electrons. The summed E-state index contributed by atoms with van der Waals surface area (Å²) in [5.41, 5.74) is 5.60. The zero-order chi connectivity index (χ0) is 14.6. The number of nitrogens with zero attached hydrogens (tertiary/aromatic N) is 3. The molecule has 1 atom stereocenters. The quantitative estimate of drug-likeness (QED) is 0.746. The van der Waals surface area contributed by atoms with Crippen molar-refractivity contribution in [1.29, 1.82) is 0 Å². The van der Waals surface area contributed by atoms with Crippen LogP contribution in [0.1, 0.15) is 20.3 Å². The van der Waals surface area contributed by atoms with E-state index in [9.17, 15) is 4.79 Å². The fraction of sp³-hybridized carbons (Fsp3) is 0.462. The van der Waals surface area contributed by atoms with E-state index in [0.29, 0.717) is 13.0 Å². The maximum Gasteiger partial charge on any atom is 0.237 e. The number of hydrogen-bond donors (Lipinski definition) is 2. The van der Waals surface area contributed by atoms with Crippen LogP contribution >= 0.6 is 11.8 Å². The molecule has 0 aliphatic rings. The van der Waals surface area contributed by atoms with Gasteiger partial charge in [-0.25, -0.2) is 0 Å². The summed E-state index contributed by atoms with van der Waals surface area (Å²) in [4.78, 5) is 11.5. The van der Waals surface area contributed by atoms with Crippen molar-refractivity contribution < 1.29 is 4.79 Å². The Bertz CT molecular complexity index is 599. The van der Waals surface area contributed by atoms with E-state index >= 15 is 0 Å². The maximum absolute atomic E-state index is 11.5. The molecular weight excluding hydrogens is 274 g/mol. The van der Waals surface area contributed by atoms with Gasteiger partial charge in [0.15, 0.2) is 10.8 Å². The van der Waals surface area contributed by atoms with Gasteiger partial charge >= 0.3 is 0 Å². The number of carbonyl (C=O) groups excluding carboxylic acids is 1. The lowest BCUT2D eigenvalue weighted by Crippen LogP contribution is -2.53. The molecule has 20 heavy (non-hydrogen) atoms. The highest BCUT2D eigenvalue weighted by Gasteiger charge is 2.29. The number of hydrogen-bond acceptors (Lipinski definition) is 5. The number of aromatic nitrogens is 3. The van der Waals surface area contributed by atoms with Crippen molar-refractivity contribution >= 4 is 23.3 Å². The first-order chi connectivity index (χ1) is 9.57. The van der Waals surface area contributed by atoms with E-state index in [1.165, 1.54) is 0 Å². The fourth-order valence-corrected chi connectivity index (χ4v) is 3.04. The third-order valence-corrected chi connectivity index (χ3v) is 4.17. The summed E-state index contributed by atoms with van der Waals surface area (Å²) in [7, 11) is 0. The van der Waals surface area contributed by atoms with E-state index in [2.05, 4.69) is 15.5 Å². The molecule has 1 amide bonds. The largest absolute Gasteiger partial charge is 0.368 e. The molecule has 7 heteroatoms. The normalized spacial score (nSPS) is 14.3. The first-order valence-corrected chi connectivity index (χ1v) is 7.53. The summed E-state index contributed by atoms with van der Waals surface area (Å²) >= 11 is 1.57. The van der Waals surface area contributed by atoms with Crippen LogP contribution in [-0.2, 0) is 4.79 Å². The molecule has 0 fully saturated rings. The summed E-state index contributed by atoms with van der Waals surface area (Å²) in [6, 6.07) is 5.77. The Morgan fingerprint density at radius 1 is 1.50 bits per heavy atom. The lowest BCUT2D eigenvalue weighted by Gasteiger charge is -2.26. The third-order valence-electron chi connectivity index (χ3n) is 3.23. The smallest absolute Gasteiger partial charge is 0.237 e. The summed E-state index contributed by atoms with van der Waals surface area (Å²) in [5, 5.41) is 12.2. The first-order valence-electron chi connectivity index (χ1n) is 6.54. The van der Waals surface area contributed by atoms with Crippen molar-refractivity contribution in [3.05, 3.63) is 24.4 Å². The molecular formula is C13H19N5OS. The summed E-state index contributed by atoms with van der Waals surface area (Å²) in [5.74, 6) is 0.410. The zero-order valence-electron chi connectivity index (χ0n) is 11.7. The molecule has 0 spiro atoms. The average Bonchev–Trinajstić information content (AvgIpc) is 2.82. The van der Waals surface area contributed by atoms with E-state index in [1.54, 1.807) is 11.8 Å². The van der Waals surface area contributed by atoms with Crippen molar-refractivity contribution in [3.63, 3.8) is 0 Å². The van der Waals surface area contributed by atoms with E-state index in [0.717, 1.165) is 16.6 Å². The highest BCUT2D eigenvalue weighted by atomic mass is 32.2. The Morgan fingerprint density at radius 3 is 3.00 bits per heavy atom. The predicted molar refractivity (Wildman–Crippen MR) is 79.6 cm³/mol. The Labute approximate surface area is 122 Å². The van der Waals surface area contributed by atoms with Crippen LogP contribution in [0, 0.1) is 0 Å². The standard InChI is InChI=1S/C13H19N5OS/c1-3-15-13(2,11(14)19)7-9-20-12-17-16-10-6-4-5-8-18(10)12/h4-6,8,15H,3,7,9H2,1-2H3,(H2,14,19). The molecule has 2 aromatic rings. The van der Waals surface area contributed by atoms with Gasteiger partial charge in [-0.05, 0) is 32.0 Å². The number of thioether (sulfide) groups is 1. The highest BCUT2D eigenvalue weighted by molar-refractivity contribution is 7.99. The number of nitrogens with two attached hydrogens (primary N) is 1. The molecule has 0 bridgehead atoms. The van der Waals surface area contributed by atoms with Gasteiger partial charge in [0.1, 0.15) is 0 Å². The molecule has 3 N–H and O–H groups in total. The number of nitrogens with one attached hydrogen (secondary N) is 1. The molecule has 1 unspecified atom stereocenters. The summed E-state index contributed by atoms with van der Waals surface area (Å²) in [6.07, 6.45) is 2.57. The molecule has 108 valence electrons. The van der Waals surface area contributed by atoms with Crippen molar-refractivity contribution in [2.24, 2.45) is 5.73 Å². The van der Waals surface area contributed by atoms with Crippen LogP contribution in [-0.4, -0.2) is 38.3 Å². The molecule has 0 saturated heterocycles. The van der Waals surface area contributed by atoms with E-state index in [-0.39, 0.29) is 5.91 Å². The van der Waals surface area contributed by atoms with Gasteiger partial charge in [0, 0.05) is 11.9 Å².